The molecule has 2 aliphatic rings. The summed E-state index contributed by atoms with van der Waals surface area (Å²) in [7, 11) is 4.15. The van der Waals surface area contributed by atoms with E-state index in [1.165, 1.54) is 0 Å². The van der Waals surface area contributed by atoms with E-state index in [9.17, 15) is 4.39 Å². The Morgan fingerprint density at radius 2 is 2.04 bits per heavy atom. The Labute approximate surface area is 179 Å². The Balaban J connectivity index is 1.86. The maximum Gasteiger partial charge on any atom is 0.210 e. The van der Waals surface area contributed by atoms with Crippen LogP contribution in [0, 0.1) is 18.2 Å². The molecule has 1 aromatic carbocycles. The van der Waals surface area contributed by atoms with E-state index < -0.39 is 0 Å². The van der Waals surface area contributed by atoms with Gasteiger partial charge in [0.15, 0.2) is 0 Å². The van der Waals surface area contributed by atoms with Crippen molar-refractivity contribution in [1.29, 1.82) is 0 Å². The molecule has 0 aromatic heterocycles. The molecule has 154 valence electrons. The molecule has 0 amide bonds. The smallest absolute Gasteiger partial charge is 0.210 e. The van der Waals surface area contributed by atoms with Gasteiger partial charge in [-0.25, -0.2) is 9.38 Å². The minimum atomic E-state index is -0.322. The van der Waals surface area contributed by atoms with E-state index >= 15 is 0 Å². The quantitative estimate of drug-likeness (QED) is 0.368. The molecule has 0 bridgehead atoms. The first-order chi connectivity index (χ1) is 13.3. The molecule has 4 nitrogen and oxygen atoms in total. The summed E-state index contributed by atoms with van der Waals surface area (Å²) in [5.74, 6) is 0.172. The van der Waals surface area contributed by atoms with Crippen molar-refractivity contribution in [3.05, 3.63) is 44.5 Å². The summed E-state index contributed by atoms with van der Waals surface area (Å²) in [4.78, 5) is 6.71. The van der Waals surface area contributed by atoms with Gasteiger partial charge < -0.3 is 14.4 Å². The first-order valence-electron chi connectivity index (χ1n) is 9.57. The van der Waals surface area contributed by atoms with Crippen LogP contribution in [0.25, 0.3) is 0 Å². The van der Waals surface area contributed by atoms with Crippen LogP contribution in [0.5, 0.6) is 0 Å². The lowest BCUT2D eigenvalue weighted by Gasteiger charge is -2.20. The lowest BCUT2D eigenvalue weighted by molar-refractivity contribution is 0.131. The highest BCUT2D eigenvalue weighted by Gasteiger charge is 2.44. The average molecular weight is 474 g/mol. The van der Waals surface area contributed by atoms with Crippen molar-refractivity contribution in [3.8, 4) is 0 Å². The van der Waals surface area contributed by atoms with Gasteiger partial charge in [0.05, 0.1) is 24.3 Å². The van der Waals surface area contributed by atoms with Crippen molar-refractivity contribution >= 4 is 32.7 Å². The van der Waals surface area contributed by atoms with Gasteiger partial charge in [0.25, 0.3) is 0 Å². The van der Waals surface area contributed by atoms with Crippen LogP contribution in [0.2, 0.25) is 0 Å². The molecule has 1 heterocycles. The van der Waals surface area contributed by atoms with Crippen LogP contribution in [0.3, 0.4) is 0 Å². The third kappa shape index (κ3) is 4.61. The van der Waals surface area contributed by atoms with Gasteiger partial charge in [0.1, 0.15) is 11.0 Å². The van der Waals surface area contributed by atoms with Crippen molar-refractivity contribution in [3.63, 3.8) is 0 Å². The topological polar surface area (TPSA) is 34.1 Å². The van der Waals surface area contributed by atoms with Gasteiger partial charge in [-0.3, -0.25) is 0 Å². The van der Waals surface area contributed by atoms with Crippen molar-refractivity contribution in [2.45, 2.75) is 46.3 Å². The number of benzene rings is 1. The molecule has 28 heavy (non-hydrogen) atoms. The second-order valence-electron chi connectivity index (χ2n) is 7.96. The second-order valence-corrected chi connectivity index (χ2v) is 9.11. The first-order valence-corrected chi connectivity index (χ1v) is 10.7. The summed E-state index contributed by atoms with van der Waals surface area (Å²) in [6.07, 6.45) is 5.00. The minimum absolute atomic E-state index is 0.201. The Morgan fingerprint density at radius 1 is 1.36 bits per heavy atom. The predicted molar refractivity (Wildman–Crippen MR) is 114 cm³/mol. The fourth-order valence-electron chi connectivity index (χ4n) is 3.65. The van der Waals surface area contributed by atoms with E-state index in [-0.39, 0.29) is 16.4 Å². The van der Waals surface area contributed by atoms with E-state index in [0.29, 0.717) is 41.3 Å². The van der Waals surface area contributed by atoms with Crippen LogP contribution >= 0.6 is 27.5 Å². The van der Waals surface area contributed by atoms with Gasteiger partial charge in [-0.15, -0.1) is 0 Å². The zero-order chi connectivity index (χ0) is 20.5. The van der Waals surface area contributed by atoms with E-state index in [2.05, 4.69) is 39.9 Å². The van der Waals surface area contributed by atoms with Gasteiger partial charge in [-0.2, -0.15) is 0 Å². The SMILES string of the molecule is CC/C=C(/N=C(/Cl)c1c(C)c(F)c(Br)c2c1COC2)OCC1(CN(C)C)CC1. The summed E-state index contributed by atoms with van der Waals surface area (Å²) >= 11 is 9.92. The standard InChI is InChI=1S/C21H27BrClFN2O2/c1-5-6-16(28-12-21(7-8-21)11-26(3)4)25-20(23)17-13(2)19(24)18(22)15-10-27-9-14(15)17/h6H,5,7-12H2,1-4H3/b16-6-,25-20+. The number of hydrogen-bond acceptors (Lipinski definition) is 4. The van der Waals surface area contributed by atoms with Gasteiger partial charge in [0.2, 0.25) is 5.88 Å². The monoisotopic (exact) mass is 472 g/mol. The number of fused-ring (bicyclic) bond motifs is 1. The number of allylic oxidation sites excluding steroid dienone is 1. The maximum absolute atomic E-state index is 14.7. The lowest BCUT2D eigenvalue weighted by atomic mass is 9.98. The van der Waals surface area contributed by atoms with Crippen molar-refractivity contribution < 1.29 is 13.9 Å². The molecule has 0 atom stereocenters. The van der Waals surface area contributed by atoms with E-state index in [1.54, 1.807) is 6.92 Å². The third-order valence-electron chi connectivity index (χ3n) is 5.25. The molecule has 0 saturated heterocycles. The molecular formula is C21H27BrClFN2O2. The molecule has 1 fully saturated rings. The first kappa shape index (κ1) is 21.8. The van der Waals surface area contributed by atoms with Crippen LogP contribution in [0.15, 0.2) is 21.4 Å². The highest BCUT2D eigenvalue weighted by atomic mass is 79.9. The molecule has 0 spiro atoms. The molecule has 1 aliphatic carbocycles. The van der Waals surface area contributed by atoms with Crippen LogP contribution in [0.4, 0.5) is 4.39 Å². The third-order valence-corrected chi connectivity index (χ3v) is 6.35. The fraction of sp³-hybridized carbons (Fsp3) is 0.571. The molecular weight excluding hydrogens is 447 g/mol. The molecule has 1 aliphatic heterocycles. The number of aliphatic imine (C=N–C) groups is 1. The van der Waals surface area contributed by atoms with E-state index in [0.717, 1.165) is 36.9 Å². The normalized spacial score (nSPS) is 18.6. The molecule has 1 saturated carbocycles. The Kier molecular flexibility index (Phi) is 6.85. The van der Waals surface area contributed by atoms with Gasteiger partial charge in [0, 0.05) is 23.1 Å². The largest absolute Gasteiger partial charge is 0.477 e. The lowest BCUT2D eigenvalue weighted by Crippen LogP contribution is -2.26. The Morgan fingerprint density at radius 3 is 2.64 bits per heavy atom. The van der Waals surface area contributed by atoms with Gasteiger partial charge in [-0.1, -0.05) is 18.5 Å². The molecule has 7 heteroatoms. The van der Waals surface area contributed by atoms with Crippen LogP contribution in [-0.4, -0.2) is 37.3 Å². The highest BCUT2D eigenvalue weighted by molar-refractivity contribution is 9.10. The molecule has 0 unspecified atom stereocenters. The fourth-order valence-corrected chi connectivity index (χ4v) is 4.64. The minimum Gasteiger partial charge on any atom is -0.477 e. The number of rotatable bonds is 8. The summed E-state index contributed by atoms with van der Waals surface area (Å²) in [6, 6.07) is 0. The molecule has 0 radical (unpaired) electrons. The molecule has 3 rings (SSSR count). The van der Waals surface area contributed by atoms with Crippen LogP contribution in [0.1, 0.15) is 48.4 Å². The Hall–Kier alpha value is -0.950. The van der Waals surface area contributed by atoms with Crippen molar-refractivity contribution in [2.75, 3.05) is 27.2 Å². The summed E-state index contributed by atoms with van der Waals surface area (Å²) in [5.41, 5.74) is 2.97. The molecule has 0 N–H and O–H groups in total. The number of hydrogen-bond donors (Lipinski definition) is 0. The van der Waals surface area contributed by atoms with Gasteiger partial charge in [-0.05, 0) is 73.4 Å². The average Bonchev–Trinajstić information content (AvgIpc) is 3.21. The second kappa shape index (κ2) is 8.82. The van der Waals surface area contributed by atoms with Crippen LogP contribution < -0.4 is 0 Å². The summed E-state index contributed by atoms with van der Waals surface area (Å²) in [5, 5.41) is 0.239. The Bertz CT molecular complexity index is 819. The summed E-state index contributed by atoms with van der Waals surface area (Å²) < 4.78 is 26.7. The van der Waals surface area contributed by atoms with Crippen LogP contribution in [-0.2, 0) is 22.7 Å². The van der Waals surface area contributed by atoms with Gasteiger partial charge >= 0.3 is 0 Å². The molecule has 1 aromatic rings. The zero-order valence-corrected chi connectivity index (χ0v) is 19.2. The summed E-state index contributed by atoms with van der Waals surface area (Å²) in [6.45, 7) is 6.11. The van der Waals surface area contributed by atoms with E-state index in [4.69, 9.17) is 21.1 Å². The predicted octanol–water partition coefficient (Wildman–Crippen LogP) is 5.52. The highest BCUT2D eigenvalue weighted by Crippen LogP contribution is 2.46. The van der Waals surface area contributed by atoms with Crippen molar-refractivity contribution in [1.82, 2.24) is 4.90 Å². The zero-order valence-electron chi connectivity index (χ0n) is 16.9. The maximum atomic E-state index is 14.7. The van der Waals surface area contributed by atoms with Crippen molar-refractivity contribution in [2.24, 2.45) is 10.4 Å². The number of halogens is 3. The number of ether oxygens (including phenoxy) is 2. The van der Waals surface area contributed by atoms with E-state index in [1.807, 2.05) is 13.0 Å². The number of nitrogens with zero attached hydrogens (tertiary/aromatic N) is 2.